The molecule has 0 saturated carbocycles. The van der Waals surface area contributed by atoms with E-state index in [0.29, 0.717) is 20.2 Å². The van der Waals surface area contributed by atoms with Gasteiger partial charge in [-0.05, 0) is 41.1 Å². The van der Waals surface area contributed by atoms with Gasteiger partial charge in [0.2, 0.25) is 0 Å². The first-order valence-electron chi connectivity index (χ1n) is 4.43. The summed E-state index contributed by atoms with van der Waals surface area (Å²) in [5.41, 5.74) is 1.14. The van der Waals surface area contributed by atoms with Crippen molar-refractivity contribution < 1.29 is 0 Å². The van der Waals surface area contributed by atoms with E-state index in [9.17, 15) is 4.79 Å². The number of hydrogen-bond donors (Lipinski definition) is 1. The van der Waals surface area contributed by atoms with Gasteiger partial charge in [-0.25, -0.2) is 4.68 Å². The molecular formula is C10H7BrCl2N2O. The molecule has 2 aromatic rings. The molecule has 0 bridgehead atoms. The number of benzene rings is 1. The molecule has 3 nitrogen and oxygen atoms in total. The Morgan fingerprint density at radius 3 is 2.56 bits per heavy atom. The molecule has 0 aliphatic heterocycles. The normalized spacial score (nSPS) is 10.8. The lowest BCUT2D eigenvalue weighted by atomic mass is 10.3. The molecule has 0 aliphatic rings. The molecule has 1 aromatic heterocycles. The Morgan fingerprint density at radius 2 is 2.06 bits per heavy atom. The van der Waals surface area contributed by atoms with E-state index in [2.05, 4.69) is 21.0 Å². The molecule has 1 heterocycles. The summed E-state index contributed by atoms with van der Waals surface area (Å²) in [4.78, 5) is 11.8. The average molecular weight is 322 g/mol. The summed E-state index contributed by atoms with van der Waals surface area (Å²) in [6.45, 7) is 1.80. The molecule has 16 heavy (non-hydrogen) atoms. The van der Waals surface area contributed by atoms with E-state index in [1.807, 2.05) is 0 Å². The zero-order valence-electron chi connectivity index (χ0n) is 8.22. The summed E-state index contributed by atoms with van der Waals surface area (Å²) in [6.07, 6.45) is 0. The van der Waals surface area contributed by atoms with Crippen LogP contribution in [0.4, 0.5) is 0 Å². The first-order valence-corrected chi connectivity index (χ1v) is 5.98. The number of halogens is 3. The van der Waals surface area contributed by atoms with Crippen molar-refractivity contribution in [1.29, 1.82) is 0 Å². The van der Waals surface area contributed by atoms with Crippen molar-refractivity contribution in [2.45, 2.75) is 6.92 Å². The maximum Gasteiger partial charge on any atom is 0.285 e. The third kappa shape index (κ3) is 1.93. The molecule has 0 amide bonds. The lowest BCUT2D eigenvalue weighted by Gasteiger charge is -2.04. The average Bonchev–Trinajstić information content (AvgIpc) is 2.46. The van der Waals surface area contributed by atoms with Crippen molar-refractivity contribution >= 4 is 39.1 Å². The maximum atomic E-state index is 11.8. The minimum atomic E-state index is -0.179. The lowest BCUT2D eigenvalue weighted by molar-refractivity contribution is 0.835. The van der Waals surface area contributed by atoms with Crippen LogP contribution in [0.25, 0.3) is 5.69 Å². The molecule has 1 N–H and O–H groups in total. The van der Waals surface area contributed by atoms with Crippen LogP contribution in [0.15, 0.2) is 27.5 Å². The zero-order valence-corrected chi connectivity index (χ0v) is 11.3. The molecule has 2 rings (SSSR count). The van der Waals surface area contributed by atoms with Crippen LogP contribution in [0.1, 0.15) is 5.69 Å². The van der Waals surface area contributed by atoms with Crippen LogP contribution in [0.2, 0.25) is 10.0 Å². The van der Waals surface area contributed by atoms with Gasteiger partial charge in [-0.15, -0.1) is 0 Å². The van der Waals surface area contributed by atoms with E-state index in [-0.39, 0.29) is 5.56 Å². The fraction of sp³-hybridized carbons (Fsp3) is 0.100. The van der Waals surface area contributed by atoms with Gasteiger partial charge in [-0.1, -0.05) is 23.2 Å². The quantitative estimate of drug-likeness (QED) is 0.857. The standard InChI is InChI=1S/C10H7BrCl2N2O/c1-5-9(11)10(16)15(14-5)8-3-2-6(12)4-7(8)13/h2-4,14H,1H3. The highest BCUT2D eigenvalue weighted by atomic mass is 79.9. The molecule has 0 radical (unpaired) electrons. The van der Waals surface area contributed by atoms with Crippen LogP contribution < -0.4 is 5.56 Å². The van der Waals surface area contributed by atoms with Crippen molar-refractivity contribution in [2.75, 3.05) is 0 Å². The minimum absolute atomic E-state index is 0.179. The Labute approximate surface area is 110 Å². The summed E-state index contributed by atoms with van der Waals surface area (Å²) >= 11 is 15.0. The third-order valence-electron chi connectivity index (χ3n) is 2.15. The highest BCUT2D eigenvalue weighted by Gasteiger charge is 2.12. The smallest absolute Gasteiger partial charge is 0.285 e. The van der Waals surface area contributed by atoms with E-state index >= 15 is 0 Å². The number of nitrogens with one attached hydrogen (secondary N) is 1. The molecule has 0 atom stereocenters. The summed E-state index contributed by atoms with van der Waals surface area (Å²) in [6, 6.07) is 4.96. The zero-order chi connectivity index (χ0) is 11.9. The van der Waals surface area contributed by atoms with Gasteiger partial charge in [-0.3, -0.25) is 9.89 Å². The summed E-state index contributed by atoms with van der Waals surface area (Å²) in [5, 5.41) is 3.87. The van der Waals surface area contributed by atoms with Crippen molar-refractivity contribution in [3.63, 3.8) is 0 Å². The number of aromatic nitrogens is 2. The van der Waals surface area contributed by atoms with E-state index in [1.54, 1.807) is 25.1 Å². The van der Waals surface area contributed by atoms with Crippen molar-refractivity contribution in [3.8, 4) is 5.69 Å². The molecule has 1 aromatic carbocycles. The van der Waals surface area contributed by atoms with Crippen molar-refractivity contribution in [1.82, 2.24) is 9.78 Å². The van der Waals surface area contributed by atoms with Gasteiger partial charge in [0.05, 0.1) is 10.7 Å². The molecule has 84 valence electrons. The second-order valence-electron chi connectivity index (χ2n) is 3.29. The molecule has 0 unspecified atom stereocenters. The van der Waals surface area contributed by atoms with E-state index in [1.165, 1.54) is 4.68 Å². The van der Waals surface area contributed by atoms with E-state index in [0.717, 1.165) is 5.69 Å². The predicted molar refractivity (Wildman–Crippen MR) is 68.8 cm³/mol. The molecule has 0 saturated heterocycles. The van der Waals surface area contributed by atoms with Gasteiger partial charge in [0.1, 0.15) is 4.47 Å². The Kier molecular flexibility index (Phi) is 3.15. The monoisotopic (exact) mass is 320 g/mol. The number of aryl methyl sites for hydroxylation is 1. The second kappa shape index (κ2) is 4.28. The van der Waals surface area contributed by atoms with Crippen LogP contribution in [0.5, 0.6) is 0 Å². The first kappa shape index (κ1) is 11.8. The highest BCUT2D eigenvalue weighted by Crippen LogP contribution is 2.23. The molecule has 6 heteroatoms. The molecular weight excluding hydrogens is 315 g/mol. The Balaban J connectivity index is 2.68. The van der Waals surface area contributed by atoms with Gasteiger partial charge in [0.15, 0.2) is 0 Å². The first-order chi connectivity index (χ1) is 7.50. The Hall–Kier alpha value is -0.710. The van der Waals surface area contributed by atoms with Gasteiger partial charge in [0, 0.05) is 10.7 Å². The maximum absolute atomic E-state index is 11.8. The third-order valence-corrected chi connectivity index (χ3v) is 3.62. The van der Waals surface area contributed by atoms with Crippen LogP contribution in [-0.4, -0.2) is 9.78 Å². The fourth-order valence-electron chi connectivity index (χ4n) is 1.36. The summed E-state index contributed by atoms with van der Waals surface area (Å²) < 4.78 is 1.87. The Morgan fingerprint density at radius 1 is 1.38 bits per heavy atom. The van der Waals surface area contributed by atoms with Crippen LogP contribution in [0.3, 0.4) is 0 Å². The second-order valence-corrected chi connectivity index (χ2v) is 4.92. The van der Waals surface area contributed by atoms with Crippen molar-refractivity contribution in [2.24, 2.45) is 0 Å². The van der Waals surface area contributed by atoms with Gasteiger partial charge < -0.3 is 0 Å². The largest absolute Gasteiger partial charge is 0.294 e. The van der Waals surface area contributed by atoms with E-state index in [4.69, 9.17) is 23.2 Å². The number of H-pyrrole nitrogens is 1. The minimum Gasteiger partial charge on any atom is -0.294 e. The highest BCUT2D eigenvalue weighted by molar-refractivity contribution is 9.10. The lowest BCUT2D eigenvalue weighted by Crippen LogP contribution is -2.15. The van der Waals surface area contributed by atoms with Gasteiger partial charge in [-0.2, -0.15) is 0 Å². The number of rotatable bonds is 1. The topological polar surface area (TPSA) is 37.8 Å². The number of nitrogens with zero attached hydrogens (tertiary/aromatic N) is 1. The molecule has 0 spiro atoms. The Bertz CT molecular complexity index is 603. The predicted octanol–water partition coefficient (Wildman–Crippen LogP) is 3.54. The van der Waals surface area contributed by atoms with Crippen LogP contribution >= 0.6 is 39.1 Å². The summed E-state index contributed by atoms with van der Waals surface area (Å²) in [5.74, 6) is 0. The van der Waals surface area contributed by atoms with Gasteiger partial charge in [0.25, 0.3) is 5.56 Å². The number of hydrogen-bond acceptors (Lipinski definition) is 1. The number of aromatic amines is 1. The fourth-order valence-corrected chi connectivity index (χ4v) is 2.12. The molecule has 0 aliphatic carbocycles. The van der Waals surface area contributed by atoms with E-state index < -0.39 is 0 Å². The SMILES string of the molecule is Cc1[nH]n(-c2ccc(Cl)cc2Cl)c(=O)c1Br. The van der Waals surface area contributed by atoms with Crippen LogP contribution in [0, 0.1) is 6.92 Å². The summed E-state index contributed by atoms with van der Waals surface area (Å²) in [7, 11) is 0. The molecule has 0 fully saturated rings. The van der Waals surface area contributed by atoms with Crippen LogP contribution in [-0.2, 0) is 0 Å². The van der Waals surface area contributed by atoms with Crippen molar-refractivity contribution in [3.05, 3.63) is 48.8 Å². The van der Waals surface area contributed by atoms with Gasteiger partial charge >= 0.3 is 0 Å².